The first-order chi connectivity index (χ1) is 14.0. The van der Waals surface area contributed by atoms with Crippen molar-refractivity contribution in [3.63, 3.8) is 0 Å². The molecule has 0 amide bonds. The Balaban J connectivity index is 2.47. The lowest BCUT2D eigenvalue weighted by atomic mass is 10.0. The highest BCUT2D eigenvalue weighted by Crippen LogP contribution is 2.27. The Morgan fingerprint density at radius 3 is 2.17 bits per heavy atom. The Morgan fingerprint density at radius 2 is 1.67 bits per heavy atom. The summed E-state index contributed by atoms with van der Waals surface area (Å²) in [4.78, 5) is 25.9. The summed E-state index contributed by atoms with van der Waals surface area (Å²) in [6.45, 7) is 11.2. The molecule has 164 valence electrons. The number of carbonyl (C=O) groups is 2. The number of aryl methyl sites for hydroxylation is 1. The Bertz CT molecular complexity index is 1050. The van der Waals surface area contributed by atoms with Crippen LogP contribution in [0, 0.1) is 20.8 Å². The van der Waals surface area contributed by atoms with E-state index in [4.69, 9.17) is 4.74 Å². The highest BCUT2D eigenvalue weighted by Gasteiger charge is 2.34. The summed E-state index contributed by atoms with van der Waals surface area (Å²) in [5.74, 6) is -0.854. The summed E-state index contributed by atoms with van der Waals surface area (Å²) in [5.41, 5.74) is 2.76. The molecular weight excluding hydrogens is 404 g/mol. The smallest absolute Gasteiger partial charge is 0.355 e. The number of benzene rings is 1. The number of rotatable bonds is 8. The van der Waals surface area contributed by atoms with Crippen molar-refractivity contribution in [2.75, 3.05) is 13.7 Å². The molecule has 0 saturated carbocycles. The van der Waals surface area contributed by atoms with Gasteiger partial charge in [-0.15, -0.1) is 0 Å². The van der Waals surface area contributed by atoms with Gasteiger partial charge in [0, 0.05) is 24.8 Å². The van der Waals surface area contributed by atoms with E-state index in [1.54, 1.807) is 44.4 Å². The fourth-order valence-corrected chi connectivity index (χ4v) is 4.90. The van der Waals surface area contributed by atoms with Crippen LogP contribution < -0.4 is 0 Å². The van der Waals surface area contributed by atoms with Crippen LogP contribution in [0.3, 0.4) is 0 Å². The SMILES string of the molecule is CCOC(=O)c1c(C)c(C(=O)C(C)N(C)S(=O)(=O)c2ccc(C)cc2)c(C)n1CC. The minimum absolute atomic E-state index is 0.127. The van der Waals surface area contributed by atoms with Crippen LogP contribution in [-0.4, -0.2) is 48.7 Å². The second kappa shape index (κ2) is 9.14. The van der Waals surface area contributed by atoms with E-state index in [2.05, 4.69) is 0 Å². The number of esters is 1. The average molecular weight is 435 g/mol. The lowest BCUT2D eigenvalue weighted by Gasteiger charge is -2.24. The molecule has 0 radical (unpaired) electrons. The Hall–Kier alpha value is -2.45. The van der Waals surface area contributed by atoms with E-state index in [0.717, 1.165) is 9.87 Å². The number of carbonyl (C=O) groups excluding carboxylic acids is 2. The van der Waals surface area contributed by atoms with E-state index >= 15 is 0 Å². The highest BCUT2D eigenvalue weighted by molar-refractivity contribution is 7.89. The minimum atomic E-state index is -3.85. The molecule has 30 heavy (non-hydrogen) atoms. The maximum atomic E-state index is 13.4. The van der Waals surface area contributed by atoms with Crippen molar-refractivity contribution in [3.05, 3.63) is 52.3 Å². The zero-order chi connectivity index (χ0) is 22.8. The van der Waals surface area contributed by atoms with E-state index in [1.165, 1.54) is 19.2 Å². The molecule has 0 N–H and O–H groups in total. The first-order valence-electron chi connectivity index (χ1n) is 9.94. The molecule has 0 aliphatic heterocycles. The Kier molecular flexibility index (Phi) is 7.26. The molecule has 7 nitrogen and oxygen atoms in total. The topological polar surface area (TPSA) is 85.7 Å². The van der Waals surface area contributed by atoms with Crippen molar-refractivity contribution in [2.45, 2.75) is 59.0 Å². The first-order valence-corrected chi connectivity index (χ1v) is 11.4. The molecule has 1 aromatic heterocycles. The summed E-state index contributed by atoms with van der Waals surface area (Å²) in [6, 6.07) is 5.54. The largest absolute Gasteiger partial charge is 0.461 e. The van der Waals surface area contributed by atoms with Crippen LogP contribution in [-0.2, 0) is 21.3 Å². The van der Waals surface area contributed by atoms with Crippen molar-refractivity contribution in [1.29, 1.82) is 0 Å². The first kappa shape index (κ1) is 23.8. The molecule has 0 bridgehead atoms. The minimum Gasteiger partial charge on any atom is -0.461 e. The van der Waals surface area contributed by atoms with Gasteiger partial charge in [0.1, 0.15) is 5.69 Å². The van der Waals surface area contributed by atoms with Crippen LogP contribution in [0.4, 0.5) is 0 Å². The summed E-state index contributed by atoms with van der Waals surface area (Å²) >= 11 is 0. The number of ketones is 1. The highest BCUT2D eigenvalue weighted by atomic mass is 32.2. The maximum absolute atomic E-state index is 13.4. The zero-order valence-electron chi connectivity index (χ0n) is 18.6. The van der Waals surface area contributed by atoms with Gasteiger partial charge in [0.05, 0.1) is 17.5 Å². The van der Waals surface area contributed by atoms with Gasteiger partial charge in [0.15, 0.2) is 5.78 Å². The van der Waals surface area contributed by atoms with Gasteiger partial charge < -0.3 is 9.30 Å². The molecule has 1 heterocycles. The number of nitrogens with zero attached hydrogens (tertiary/aromatic N) is 2. The molecule has 0 fully saturated rings. The van der Waals surface area contributed by atoms with Crippen LogP contribution in [0.15, 0.2) is 29.2 Å². The van der Waals surface area contributed by atoms with Crippen molar-refractivity contribution < 1.29 is 22.7 Å². The molecule has 0 aliphatic rings. The van der Waals surface area contributed by atoms with Crippen LogP contribution in [0.1, 0.15) is 58.4 Å². The van der Waals surface area contributed by atoms with Gasteiger partial charge in [-0.1, -0.05) is 17.7 Å². The van der Waals surface area contributed by atoms with Crippen molar-refractivity contribution in [1.82, 2.24) is 8.87 Å². The van der Waals surface area contributed by atoms with Gasteiger partial charge in [-0.3, -0.25) is 4.79 Å². The van der Waals surface area contributed by atoms with Crippen molar-refractivity contribution in [2.24, 2.45) is 0 Å². The standard InChI is InChI=1S/C22H30N2O5S/c1-8-24-16(5)19(15(4)20(24)22(26)29-9-2)21(25)17(6)23(7)30(27,28)18-12-10-14(3)11-13-18/h10-13,17H,8-9H2,1-7H3. The average Bonchev–Trinajstić information content (AvgIpc) is 2.96. The second-order valence-corrected chi connectivity index (χ2v) is 9.27. The molecule has 2 rings (SSSR count). The van der Waals surface area contributed by atoms with Crippen molar-refractivity contribution in [3.8, 4) is 0 Å². The molecule has 0 spiro atoms. The second-order valence-electron chi connectivity index (χ2n) is 7.27. The molecule has 1 aromatic carbocycles. The number of hydrogen-bond acceptors (Lipinski definition) is 5. The number of aromatic nitrogens is 1. The van der Waals surface area contributed by atoms with Gasteiger partial charge >= 0.3 is 5.97 Å². The predicted octanol–water partition coefficient (Wildman–Crippen LogP) is 3.50. The third-order valence-electron chi connectivity index (χ3n) is 5.42. The van der Waals surface area contributed by atoms with Crippen molar-refractivity contribution >= 4 is 21.8 Å². The lowest BCUT2D eigenvalue weighted by Crippen LogP contribution is -2.40. The summed E-state index contributed by atoms with van der Waals surface area (Å²) in [5, 5.41) is 0. The molecule has 2 aromatic rings. The van der Waals surface area contributed by atoms with Gasteiger partial charge in [0.25, 0.3) is 0 Å². The predicted molar refractivity (Wildman–Crippen MR) is 115 cm³/mol. The quantitative estimate of drug-likeness (QED) is 0.469. The van der Waals surface area contributed by atoms with E-state index in [9.17, 15) is 18.0 Å². The summed E-state index contributed by atoms with van der Waals surface area (Å²) in [6.07, 6.45) is 0. The Labute approximate surface area is 178 Å². The molecule has 1 unspecified atom stereocenters. The normalized spacial score (nSPS) is 12.8. The Morgan fingerprint density at radius 1 is 1.10 bits per heavy atom. The number of ether oxygens (including phenoxy) is 1. The summed E-state index contributed by atoms with van der Waals surface area (Å²) in [7, 11) is -2.46. The molecule has 0 saturated heterocycles. The number of Topliss-reactive ketones (excluding diaryl/α,β-unsaturated/α-hetero) is 1. The lowest BCUT2D eigenvalue weighted by molar-refractivity contribution is 0.0512. The summed E-state index contributed by atoms with van der Waals surface area (Å²) < 4.78 is 34.0. The van der Waals surface area contributed by atoms with Crippen LogP contribution in [0.25, 0.3) is 0 Å². The van der Waals surface area contributed by atoms with Gasteiger partial charge in [-0.25, -0.2) is 13.2 Å². The molecule has 0 aliphatic carbocycles. The van der Waals surface area contributed by atoms with E-state index in [1.807, 2.05) is 13.8 Å². The van der Waals surface area contributed by atoms with Crippen LogP contribution in [0.5, 0.6) is 0 Å². The third-order valence-corrected chi connectivity index (χ3v) is 7.36. The molecular formula is C22H30N2O5S. The van der Waals surface area contributed by atoms with Gasteiger partial charge in [-0.05, 0) is 59.2 Å². The monoisotopic (exact) mass is 434 g/mol. The van der Waals surface area contributed by atoms with Crippen LogP contribution >= 0.6 is 0 Å². The van der Waals surface area contributed by atoms with E-state index in [-0.39, 0.29) is 17.3 Å². The number of sulfonamides is 1. The fraction of sp³-hybridized carbons (Fsp3) is 0.455. The fourth-order valence-electron chi connectivity index (χ4n) is 3.57. The third kappa shape index (κ3) is 4.20. The van der Waals surface area contributed by atoms with Gasteiger partial charge in [-0.2, -0.15) is 4.31 Å². The number of likely N-dealkylation sites (N-methyl/N-ethyl adjacent to an activating group) is 1. The van der Waals surface area contributed by atoms with E-state index in [0.29, 0.717) is 29.1 Å². The molecule has 1 atom stereocenters. The van der Waals surface area contributed by atoms with Gasteiger partial charge in [0.2, 0.25) is 10.0 Å². The van der Waals surface area contributed by atoms with E-state index < -0.39 is 22.0 Å². The zero-order valence-corrected chi connectivity index (χ0v) is 19.5. The molecule has 8 heteroatoms. The maximum Gasteiger partial charge on any atom is 0.355 e. The number of hydrogen-bond donors (Lipinski definition) is 0. The van der Waals surface area contributed by atoms with Crippen LogP contribution in [0.2, 0.25) is 0 Å².